The first-order valence-corrected chi connectivity index (χ1v) is 7.60. The van der Waals surface area contributed by atoms with Crippen LogP contribution in [-0.4, -0.2) is 30.3 Å². The van der Waals surface area contributed by atoms with Crippen molar-refractivity contribution in [3.63, 3.8) is 0 Å². The minimum Gasteiger partial charge on any atom is -0.507 e. The predicted octanol–water partition coefficient (Wildman–Crippen LogP) is 2.97. The number of carbonyl (C=O) groups is 2. The van der Waals surface area contributed by atoms with Crippen molar-refractivity contribution in [3.8, 4) is 5.75 Å². The predicted molar refractivity (Wildman–Crippen MR) is 90.6 cm³/mol. The standard InChI is InChI=1S/C18H19NO5/c1-3-23-17(21)14(18(22)24-4-2)11-19-15-9-5-8-13-12(15)7-6-10-16(13)20/h5-11,19-20H,3-4H2,1-2H3. The molecule has 0 aliphatic rings. The molecule has 6 nitrogen and oxygen atoms in total. The van der Waals surface area contributed by atoms with Gasteiger partial charge in [-0.2, -0.15) is 0 Å². The molecule has 2 aromatic carbocycles. The molecule has 0 atom stereocenters. The van der Waals surface area contributed by atoms with Gasteiger partial charge in [-0.1, -0.05) is 24.3 Å². The third kappa shape index (κ3) is 3.84. The van der Waals surface area contributed by atoms with E-state index in [9.17, 15) is 14.7 Å². The van der Waals surface area contributed by atoms with E-state index >= 15 is 0 Å². The molecule has 0 amide bonds. The first-order valence-electron chi connectivity index (χ1n) is 7.60. The summed E-state index contributed by atoms with van der Waals surface area (Å²) in [5, 5.41) is 14.2. The quantitative estimate of drug-likeness (QED) is 0.367. The zero-order chi connectivity index (χ0) is 17.5. The lowest BCUT2D eigenvalue weighted by Gasteiger charge is -2.10. The summed E-state index contributed by atoms with van der Waals surface area (Å²) in [7, 11) is 0. The maximum atomic E-state index is 11.9. The van der Waals surface area contributed by atoms with Crippen LogP contribution >= 0.6 is 0 Å². The van der Waals surface area contributed by atoms with E-state index in [4.69, 9.17) is 9.47 Å². The molecule has 0 bridgehead atoms. The molecule has 0 aliphatic heterocycles. The molecular formula is C18H19NO5. The maximum Gasteiger partial charge on any atom is 0.347 e. The largest absolute Gasteiger partial charge is 0.507 e. The number of rotatable bonds is 6. The normalized spacial score (nSPS) is 10.1. The monoisotopic (exact) mass is 329 g/mol. The van der Waals surface area contributed by atoms with Gasteiger partial charge in [0, 0.05) is 22.7 Å². The van der Waals surface area contributed by atoms with Gasteiger partial charge in [0.2, 0.25) is 0 Å². The molecule has 0 unspecified atom stereocenters. The summed E-state index contributed by atoms with van der Waals surface area (Å²) >= 11 is 0. The number of carbonyl (C=O) groups excluding carboxylic acids is 2. The Morgan fingerprint density at radius 1 is 1.00 bits per heavy atom. The van der Waals surface area contributed by atoms with Crippen molar-refractivity contribution in [1.29, 1.82) is 0 Å². The second-order valence-electron chi connectivity index (χ2n) is 4.82. The highest BCUT2D eigenvalue weighted by Crippen LogP contribution is 2.29. The van der Waals surface area contributed by atoms with Crippen LogP contribution in [0.15, 0.2) is 48.2 Å². The van der Waals surface area contributed by atoms with E-state index in [1.165, 1.54) is 6.20 Å². The van der Waals surface area contributed by atoms with Crippen LogP contribution in [0.4, 0.5) is 5.69 Å². The Balaban J connectivity index is 2.36. The van der Waals surface area contributed by atoms with Gasteiger partial charge in [0.25, 0.3) is 0 Å². The molecular weight excluding hydrogens is 310 g/mol. The van der Waals surface area contributed by atoms with Gasteiger partial charge in [-0.3, -0.25) is 0 Å². The molecule has 0 radical (unpaired) electrons. The summed E-state index contributed by atoms with van der Waals surface area (Å²) in [6, 6.07) is 10.4. The lowest BCUT2D eigenvalue weighted by Crippen LogP contribution is -2.19. The molecule has 0 aromatic heterocycles. The third-order valence-corrected chi connectivity index (χ3v) is 3.26. The van der Waals surface area contributed by atoms with Crippen LogP contribution in [0.2, 0.25) is 0 Å². The average molecular weight is 329 g/mol. The summed E-state index contributed by atoms with van der Waals surface area (Å²) < 4.78 is 9.76. The number of phenolic OH excluding ortho intramolecular Hbond substituents is 1. The molecule has 0 fully saturated rings. The summed E-state index contributed by atoms with van der Waals surface area (Å²) in [5.41, 5.74) is 0.408. The van der Waals surface area contributed by atoms with Crippen LogP contribution in [-0.2, 0) is 19.1 Å². The number of phenols is 1. The van der Waals surface area contributed by atoms with Gasteiger partial charge in [-0.05, 0) is 26.0 Å². The molecule has 2 aromatic rings. The smallest absolute Gasteiger partial charge is 0.347 e. The maximum absolute atomic E-state index is 11.9. The molecule has 6 heteroatoms. The van der Waals surface area contributed by atoms with E-state index in [0.29, 0.717) is 11.1 Å². The SMILES string of the molecule is CCOC(=O)C(=CNc1cccc2c(O)cccc12)C(=O)OCC. The molecule has 0 heterocycles. The van der Waals surface area contributed by atoms with Crippen LogP contribution in [0, 0.1) is 0 Å². The van der Waals surface area contributed by atoms with Crippen LogP contribution in [0.3, 0.4) is 0 Å². The molecule has 2 rings (SSSR count). The Labute approximate surface area is 139 Å². The van der Waals surface area contributed by atoms with Gasteiger partial charge in [0.05, 0.1) is 13.2 Å². The van der Waals surface area contributed by atoms with E-state index < -0.39 is 11.9 Å². The molecule has 0 saturated heterocycles. The third-order valence-electron chi connectivity index (χ3n) is 3.26. The van der Waals surface area contributed by atoms with Crippen molar-refractivity contribution in [2.24, 2.45) is 0 Å². The van der Waals surface area contributed by atoms with Gasteiger partial charge in [0.15, 0.2) is 5.57 Å². The Kier molecular flexibility index (Phi) is 5.78. The van der Waals surface area contributed by atoms with Gasteiger partial charge < -0.3 is 19.9 Å². The van der Waals surface area contributed by atoms with Gasteiger partial charge in [-0.15, -0.1) is 0 Å². The van der Waals surface area contributed by atoms with Gasteiger partial charge >= 0.3 is 11.9 Å². The minimum atomic E-state index is -0.758. The van der Waals surface area contributed by atoms with Crippen molar-refractivity contribution in [2.45, 2.75) is 13.8 Å². The topological polar surface area (TPSA) is 84.9 Å². The van der Waals surface area contributed by atoms with Crippen molar-refractivity contribution in [2.75, 3.05) is 18.5 Å². The Morgan fingerprint density at radius 2 is 1.58 bits per heavy atom. The van der Waals surface area contributed by atoms with Crippen molar-refractivity contribution < 1.29 is 24.2 Å². The summed E-state index contributed by atoms with van der Waals surface area (Å²) in [6.07, 6.45) is 1.26. The number of ether oxygens (including phenoxy) is 2. The fourth-order valence-electron chi connectivity index (χ4n) is 2.19. The van der Waals surface area contributed by atoms with Crippen LogP contribution in [0.5, 0.6) is 5.75 Å². The lowest BCUT2D eigenvalue weighted by atomic mass is 10.1. The molecule has 0 saturated carbocycles. The Hall–Kier alpha value is -3.02. The highest BCUT2D eigenvalue weighted by atomic mass is 16.6. The Morgan fingerprint density at radius 3 is 2.21 bits per heavy atom. The first kappa shape index (κ1) is 17.3. The molecule has 126 valence electrons. The zero-order valence-corrected chi connectivity index (χ0v) is 13.5. The van der Waals surface area contributed by atoms with E-state index in [-0.39, 0.29) is 24.5 Å². The summed E-state index contributed by atoms with van der Waals surface area (Å²) in [5.74, 6) is -1.37. The number of aromatic hydroxyl groups is 1. The second-order valence-corrected chi connectivity index (χ2v) is 4.82. The average Bonchev–Trinajstić information content (AvgIpc) is 2.56. The van der Waals surface area contributed by atoms with Crippen LogP contribution in [0.25, 0.3) is 10.8 Å². The fraction of sp³-hybridized carbons (Fsp3) is 0.222. The molecule has 2 N–H and O–H groups in total. The number of fused-ring (bicyclic) bond motifs is 1. The number of nitrogens with one attached hydrogen (secondary N) is 1. The number of hydrogen-bond acceptors (Lipinski definition) is 6. The molecule has 0 spiro atoms. The van der Waals surface area contributed by atoms with Crippen molar-refractivity contribution in [3.05, 3.63) is 48.2 Å². The van der Waals surface area contributed by atoms with Gasteiger partial charge in [0.1, 0.15) is 5.75 Å². The van der Waals surface area contributed by atoms with E-state index in [1.807, 2.05) is 6.07 Å². The first-order chi connectivity index (χ1) is 11.6. The molecule has 24 heavy (non-hydrogen) atoms. The highest BCUT2D eigenvalue weighted by Gasteiger charge is 2.21. The minimum absolute atomic E-state index is 0.149. The van der Waals surface area contributed by atoms with Crippen molar-refractivity contribution >= 4 is 28.4 Å². The van der Waals surface area contributed by atoms with Crippen molar-refractivity contribution in [1.82, 2.24) is 0 Å². The fourth-order valence-corrected chi connectivity index (χ4v) is 2.19. The van der Waals surface area contributed by atoms with E-state index in [0.717, 1.165) is 5.39 Å². The second kappa shape index (κ2) is 8.01. The van der Waals surface area contributed by atoms with Crippen LogP contribution < -0.4 is 5.32 Å². The zero-order valence-electron chi connectivity index (χ0n) is 13.5. The van der Waals surface area contributed by atoms with Crippen LogP contribution in [0.1, 0.15) is 13.8 Å². The summed E-state index contributed by atoms with van der Waals surface area (Å²) in [6.45, 7) is 3.61. The number of hydrogen-bond donors (Lipinski definition) is 2. The lowest BCUT2D eigenvalue weighted by molar-refractivity contribution is -0.146. The highest BCUT2D eigenvalue weighted by molar-refractivity contribution is 6.14. The summed E-state index contributed by atoms with van der Waals surface area (Å²) in [4.78, 5) is 23.9. The number of benzene rings is 2. The van der Waals surface area contributed by atoms with E-state index in [1.54, 1.807) is 44.2 Å². The number of anilines is 1. The van der Waals surface area contributed by atoms with E-state index in [2.05, 4.69) is 5.32 Å². The van der Waals surface area contributed by atoms with Gasteiger partial charge in [-0.25, -0.2) is 9.59 Å². The number of esters is 2. The molecule has 0 aliphatic carbocycles. The Bertz CT molecular complexity index is 762.